The van der Waals surface area contributed by atoms with Gasteiger partial charge in [0.15, 0.2) is 0 Å². The van der Waals surface area contributed by atoms with Crippen LogP contribution in [0.25, 0.3) is 0 Å². The highest BCUT2D eigenvalue weighted by Gasteiger charge is 2.04. The molecule has 0 aliphatic carbocycles. The zero-order valence-electron chi connectivity index (χ0n) is 13.3. The van der Waals surface area contributed by atoms with Gasteiger partial charge in [-0.2, -0.15) is 0 Å². The molecule has 2 aromatic carbocycles. The highest BCUT2D eigenvalue weighted by Crippen LogP contribution is 2.17. The Hall–Kier alpha value is -2.34. The van der Waals surface area contributed by atoms with Gasteiger partial charge in [0.1, 0.15) is 5.75 Å². The van der Waals surface area contributed by atoms with E-state index in [0.29, 0.717) is 30.8 Å². The SMILES string of the molecule is CC(=O)Nc1cccc(NC(=O)CCCOc2ccc(Br)cc2)c1. The number of anilines is 2. The molecular weight excluding hydrogens is 372 g/mol. The lowest BCUT2D eigenvalue weighted by Gasteiger charge is -2.09. The third-order valence-electron chi connectivity index (χ3n) is 3.10. The maximum absolute atomic E-state index is 11.9. The summed E-state index contributed by atoms with van der Waals surface area (Å²) in [7, 11) is 0. The van der Waals surface area contributed by atoms with E-state index in [1.807, 2.05) is 24.3 Å². The Morgan fingerprint density at radius 2 is 1.71 bits per heavy atom. The van der Waals surface area contributed by atoms with Gasteiger partial charge in [-0.1, -0.05) is 22.0 Å². The van der Waals surface area contributed by atoms with Crippen molar-refractivity contribution >= 4 is 39.1 Å². The molecule has 2 N–H and O–H groups in total. The van der Waals surface area contributed by atoms with Crippen molar-refractivity contribution in [1.29, 1.82) is 0 Å². The fraction of sp³-hybridized carbons (Fsp3) is 0.222. The molecule has 0 bridgehead atoms. The van der Waals surface area contributed by atoms with Gasteiger partial charge >= 0.3 is 0 Å². The molecule has 0 atom stereocenters. The van der Waals surface area contributed by atoms with Crippen molar-refractivity contribution in [3.63, 3.8) is 0 Å². The van der Waals surface area contributed by atoms with E-state index < -0.39 is 0 Å². The smallest absolute Gasteiger partial charge is 0.224 e. The van der Waals surface area contributed by atoms with E-state index in [1.165, 1.54) is 6.92 Å². The zero-order valence-corrected chi connectivity index (χ0v) is 14.9. The van der Waals surface area contributed by atoms with E-state index in [2.05, 4.69) is 26.6 Å². The summed E-state index contributed by atoms with van der Waals surface area (Å²) in [6.45, 7) is 1.91. The van der Waals surface area contributed by atoms with Gasteiger partial charge in [0.05, 0.1) is 6.61 Å². The number of hydrogen-bond acceptors (Lipinski definition) is 3. The summed E-state index contributed by atoms with van der Waals surface area (Å²) in [5.41, 5.74) is 1.30. The largest absolute Gasteiger partial charge is 0.494 e. The van der Waals surface area contributed by atoms with Crippen molar-refractivity contribution in [1.82, 2.24) is 0 Å². The predicted molar refractivity (Wildman–Crippen MR) is 98.2 cm³/mol. The number of amides is 2. The summed E-state index contributed by atoms with van der Waals surface area (Å²) in [6.07, 6.45) is 0.980. The van der Waals surface area contributed by atoms with Crippen LogP contribution in [0.4, 0.5) is 11.4 Å². The normalized spacial score (nSPS) is 10.1. The van der Waals surface area contributed by atoms with Crippen molar-refractivity contribution < 1.29 is 14.3 Å². The summed E-state index contributed by atoms with van der Waals surface area (Å²) in [6, 6.07) is 14.6. The monoisotopic (exact) mass is 390 g/mol. The van der Waals surface area contributed by atoms with Crippen molar-refractivity contribution in [2.75, 3.05) is 17.2 Å². The minimum absolute atomic E-state index is 0.0885. The molecule has 2 rings (SSSR count). The lowest BCUT2D eigenvalue weighted by Crippen LogP contribution is -2.13. The summed E-state index contributed by atoms with van der Waals surface area (Å²) < 4.78 is 6.57. The van der Waals surface area contributed by atoms with Gasteiger partial charge < -0.3 is 15.4 Å². The lowest BCUT2D eigenvalue weighted by molar-refractivity contribution is -0.116. The van der Waals surface area contributed by atoms with Crippen LogP contribution in [0.15, 0.2) is 53.0 Å². The molecule has 2 amide bonds. The maximum Gasteiger partial charge on any atom is 0.224 e. The van der Waals surface area contributed by atoms with Crippen LogP contribution in [0, 0.1) is 0 Å². The average Bonchev–Trinajstić information content (AvgIpc) is 2.53. The van der Waals surface area contributed by atoms with Crippen LogP contribution in [0.3, 0.4) is 0 Å². The highest BCUT2D eigenvalue weighted by atomic mass is 79.9. The first-order valence-electron chi connectivity index (χ1n) is 7.59. The van der Waals surface area contributed by atoms with Crippen LogP contribution in [0.1, 0.15) is 19.8 Å². The first-order chi connectivity index (χ1) is 11.5. The van der Waals surface area contributed by atoms with Crippen LogP contribution in [-0.2, 0) is 9.59 Å². The average molecular weight is 391 g/mol. The number of benzene rings is 2. The Kier molecular flexibility index (Phi) is 6.81. The van der Waals surface area contributed by atoms with E-state index in [-0.39, 0.29) is 11.8 Å². The summed E-state index contributed by atoms with van der Waals surface area (Å²) in [5.74, 6) is 0.541. The molecule has 0 spiro atoms. The van der Waals surface area contributed by atoms with E-state index >= 15 is 0 Å². The van der Waals surface area contributed by atoms with Crippen molar-refractivity contribution in [2.24, 2.45) is 0 Å². The molecule has 0 fully saturated rings. The van der Waals surface area contributed by atoms with Gasteiger partial charge in [-0.15, -0.1) is 0 Å². The topological polar surface area (TPSA) is 67.4 Å². The summed E-state index contributed by atoms with van der Waals surface area (Å²) >= 11 is 3.36. The van der Waals surface area contributed by atoms with E-state index in [1.54, 1.807) is 24.3 Å². The number of carbonyl (C=O) groups is 2. The molecule has 6 heteroatoms. The van der Waals surface area contributed by atoms with Crippen molar-refractivity contribution in [3.8, 4) is 5.75 Å². The number of ether oxygens (including phenoxy) is 1. The molecule has 0 saturated carbocycles. The van der Waals surface area contributed by atoms with E-state index in [4.69, 9.17) is 4.74 Å². The zero-order chi connectivity index (χ0) is 17.4. The molecule has 5 nitrogen and oxygen atoms in total. The molecule has 0 unspecified atom stereocenters. The number of nitrogens with one attached hydrogen (secondary N) is 2. The quantitative estimate of drug-likeness (QED) is 0.695. The molecule has 126 valence electrons. The van der Waals surface area contributed by atoms with Crippen molar-refractivity contribution in [3.05, 3.63) is 53.0 Å². The fourth-order valence-corrected chi connectivity index (χ4v) is 2.32. The van der Waals surface area contributed by atoms with Gasteiger partial charge in [0, 0.05) is 29.2 Å². The Morgan fingerprint density at radius 3 is 2.38 bits per heavy atom. The first kappa shape index (κ1) is 18.0. The van der Waals surface area contributed by atoms with Crippen molar-refractivity contribution in [2.45, 2.75) is 19.8 Å². The molecule has 0 aromatic heterocycles. The minimum Gasteiger partial charge on any atom is -0.494 e. The van der Waals surface area contributed by atoms with Gasteiger partial charge in [-0.25, -0.2) is 0 Å². The second kappa shape index (κ2) is 9.08. The molecule has 2 aromatic rings. The van der Waals surface area contributed by atoms with Gasteiger partial charge in [-0.05, 0) is 48.9 Å². The van der Waals surface area contributed by atoms with Crippen LogP contribution in [0.5, 0.6) is 5.75 Å². The van der Waals surface area contributed by atoms with Gasteiger partial charge in [-0.3, -0.25) is 9.59 Å². The molecule has 0 aliphatic rings. The van der Waals surface area contributed by atoms with E-state index in [9.17, 15) is 9.59 Å². The Labute approximate surface area is 149 Å². The summed E-state index contributed by atoms with van der Waals surface area (Å²) in [4.78, 5) is 23.0. The number of rotatable bonds is 7. The third-order valence-corrected chi connectivity index (χ3v) is 3.63. The van der Waals surface area contributed by atoms with Crippen LogP contribution in [-0.4, -0.2) is 18.4 Å². The lowest BCUT2D eigenvalue weighted by atomic mass is 10.2. The number of halogens is 1. The second-order valence-corrected chi connectivity index (χ2v) is 6.13. The molecule has 0 saturated heterocycles. The van der Waals surface area contributed by atoms with Crippen LogP contribution >= 0.6 is 15.9 Å². The first-order valence-corrected chi connectivity index (χ1v) is 8.38. The van der Waals surface area contributed by atoms with Crippen LogP contribution in [0.2, 0.25) is 0 Å². The third kappa shape index (κ3) is 6.42. The standard InChI is InChI=1S/C18H19BrN2O3/c1-13(22)20-15-4-2-5-16(12-15)21-18(23)6-3-11-24-17-9-7-14(19)8-10-17/h2,4-5,7-10,12H,3,6,11H2,1H3,(H,20,22)(H,21,23). The van der Waals surface area contributed by atoms with Gasteiger partial charge in [0.2, 0.25) is 11.8 Å². The second-order valence-electron chi connectivity index (χ2n) is 5.22. The molecule has 0 aliphatic heterocycles. The molecule has 24 heavy (non-hydrogen) atoms. The number of carbonyl (C=O) groups excluding carboxylic acids is 2. The maximum atomic E-state index is 11.9. The van der Waals surface area contributed by atoms with Crippen LogP contribution < -0.4 is 15.4 Å². The Balaban J connectivity index is 1.73. The molecule has 0 radical (unpaired) electrons. The molecule has 0 heterocycles. The summed E-state index contributed by atoms with van der Waals surface area (Å²) in [5, 5.41) is 5.49. The highest BCUT2D eigenvalue weighted by molar-refractivity contribution is 9.10. The fourth-order valence-electron chi connectivity index (χ4n) is 2.06. The Bertz CT molecular complexity index is 702. The Morgan fingerprint density at radius 1 is 1.04 bits per heavy atom. The van der Waals surface area contributed by atoms with Gasteiger partial charge in [0.25, 0.3) is 0 Å². The number of hydrogen-bond donors (Lipinski definition) is 2. The molecular formula is C18H19BrN2O3. The minimum atomic E-state index is -0.149. The van der Waals surface area contributed by atoms with E-state index in [0.717, 1.165) is 10.2 Å². The predicted octanol–water partition coefficient (Wildman–Crippen LogP) is 4.21.